The highest BCUT2D eigenvalue weighted by Crippen LogP contribution is 2.25. The molecule has 0 saturated heterocycles. The van der Waals surface area contributed by atoms with E-state index < -0.39 is 0 Å². The largest absolute Gasteiger partial charge is 0.309 e. The van der Waals surface area contributed by atoms with Crippen molar-refractivity contribution in [3.05, 3.63) is 35.4 Å². The van der Waals surface area contributed by atoms with Gasteiger partial charge in [-0.25, -0.2) is 0 Å². The fraction of sp³-hybridized carbons (Fsp3) is 0.647. The molecule has 0 bridgehead atoms. The molecule has 0 amide bonds. The first-order valence-corrected chi connectivity index (χ1v) is 8.27. The highest BCUT2D eigenvalue weighted by molar-refractivity contribution is 7.99. The van der Waals surface area contributed by atoms with Crippen molar-refractivity contribution in [3.8, 4) is 0 Å². The third kappa shape index (κ3) is 5.19. The summed E-state index contributed by atoms with van der Waals surface area (Å²) in [6.45, 7) is 14.6. The van der Waals surface area contributed by atoms with Crippen molar-refractivity contribution in [1.82, 2.24) is 5.32 Å². The molecule has 19 heavy (non-hydrogen) atoms. The summed E-state index contributed by atoms with van der Waals surface area (Å²) in [5, 5.41) is 3.63. The second-order valence-electron chi connectivity index (χ2n) is 6.94. The summed E-state index contributed by atoms with van der Waals surface area (Å²) in [5.74, 6) is 0. The Bertz CT molecular complexity index is 387. The molecule has 1 aromatic carbocycles. The number of rotatable bonds is 5. The fourth-order valence-corrected chi connectivity index (χ4v) is 2.09. The molecular weight excluding hydrogens is 250 g/mol. The Balaban J connectivity index is 2.66. The van der Waals surface area contributed by atoms with Gasteiger partial charge in [0.1, 0.15) is 0 Å². The van der Waals surface area contributed by atoms with Crippen molar-refractivity contribution >= 4 is 11.8 Å². The normalized spacial score (nSPS) is 14.5. The molecule has 0 radical (unpaired) electrons. The molecule has 1 atom stereocenters. The third-order valence-electron chi connectivity index (χ3n) is 3.66. The average molecular weight is 279 g/mol. The van der Waals surface area contributed by atoms with Crippen LogP contribution in [0.4, 0.5) is 0 Å². The molecule has 0 aliphatic rings. The summed E-state index contributed by atoms with van der Waals surface area (Å²) in [7, 11) is 0. The van der Waals surface area contributed by atoms with Crippen LogP contribution >= 0.6 is 11.8 Å². The first kappa shape index (κ1) is 16.6. The number of hydrogen-bond donors (Lipinski definition) is 1. The van der Waals surface area contributed by atoms with Crippen molar-refractivity contribution < 1.29 is 0 Å². The summed E-state index contributed by atoms with van der Waals surface area (Å²) in [6, 6.07) is 9.43. The maximum atomic E-state index is 3.63. The minimum Gasteiger partial charge on any atom is -0.309 e. The van der Waals surface area contributed by atoms with Gasteiger partial charge in [-0.2, -0.15) is 11.8 Å². The molecular formula is C17H29NS. The molecule has 1 rings (SSSR count). The summed E-state index contributed by atoms with van der Waals surface area (Å²) < 4.78 is 0.291. The molecule has 108 valence electrons. The van der Waals surface area contributed by atoms with Gasteiger partial charge in [-0.15, -0.1) is 0 Å². The zero-order chi connectivity index (χ0) is 14.7. The Morgan fingerprint density at radius 3 is 2.00 bits per heavy atom. The van der Waals surface area contributed by atoms with E-state index >= 15 is 0 Å². The van der Waals surface area contributed by atoms with E-state index in [9.17, 15) is 0 Å². The van der Waals surface area contributed by atoms with Gasteiger partial charge in [0.2, 0.25) is 0 Å². The molecule has 1 unspecified atom stereocenters. The van der Waals surface area contributed by atoms with E-state index in [1.807, 2.05) is 11.8 Å². The van der Waals surface area contributed by atoms with Gasteiger partial charge in [0.25, 0.3) is 0 Å². The molecule has 1 nitrogen and oxygen atoms in total. The SMILES string of the molecule is CSC(C)(C)CNC(C)c1ccc(C(C)(C)C)cc1. The maximum Gasteiger partial charge on any atom is 0.0292 e. The molecule has 0 aliphatic carbocycles. The van der Waals surface area contributed by atoms with Crippen LogP contribution in [0.3, 0.4) is 0 Å². The highest BCUT2D eigenvalue weighted by atomic mass is 32.2. The fourth-order valence-electron chi connectivity index (χ4n) is 1.86. The van der Waals surface area contributed by atoms with E-state index in [1.54, 1.807) is 0 Å². The predicted octanol–water partition coefficient (Wildman–Crippen LogP) is 4.78. The molecule has 2 heteroatoms. The van der Waals surface area contributed by atoms with Crippen molar-refractivity contribution in [2.75, 3.05) is 12.8 Å². The zero-order valence-electron chi connectivity index (χ0n) is 13.5. The van der Waals surface area contributed by atoms with Crippen molar-refractivity contribution in [2.45, 2.75) is 57.7 Å². The van der Waals surface area contributed by atoms with Crippen LogP contribution in [-0.4, -0.2) is 17.5 Å². The molecule has 0 heterocycles. The molecule has 0 saturated carbocycles. The summed E-state index contributed by atoms with van der Waals surface area (Å²) >= 11 is 1.91. The third-order valence-corrected chi connectivity index (χ3v) is 4.91. The van der Waals surface area contributed by atoms with Crippen LogP contribution in [0.2, 0.25) is 0 Å². The molecule has 1 aromatic rings. The van der Waals surface area contributed by atoms with E-state index in [2.05, 4.69) is 77.4 Å². The minimum absolute atomic E-state index is 0.232. The van der Waals surface area contributed by atoms with Gasteiger partial charge in [0.15, 0.2) is 0 Å². The Morgan fingerprint density at radius 1 is 1.05 bits per heavy atom. The molecule has 0 aromatic heterocycles. The lowest BCUT2D eigenvalue weighted by Crippen LogP contribution is -2.33. The topological polar surface area (TPSA) is 12.0 Å². The van der Waals surface area contributed by atoms with Gasteiger partial charge in [-0.3, -0.25) is 0 Å². The van der Waals surface area contributed by atoms with Crippen LogP contribution in [-0.2, 0) is 5.41 Å². The molecule has 0 fully saturated rings. The van der Waals surface area contributed by atoms with Crippen LogP contribution in [0.25, 0.3) is 0 Å². The van der Waals surface area contributed by atoms with Crippen molar-refractivity contribution in [2.24, 2.45) is 0 Å². The lowest BCUT2D eigenvalue weighted by molar-refractivity contribution is 0.522. The Morgan fingerprint density at radius 2 is 1.58 bits per heavy atom. The van der Waals surface area contributed by atoms with Crippen LogP contribution in [0.1, 0.15) is 58.7 Å². The van der Waals surface area contributed by atoms with Crippen LogP contribution in [0, 0.1) is 0 Å². The summed E-state index contributed by atoms with van der Waals surface area (Å²) in [5.41, 5.74) is 2.99. The molecule has 1 N–H and O–H groups in total. The number of thioether (sulfide) groups is 1. The van der Waals surface area contributed by atoms with Gasteiger partial charge in [-0.05, 0) is 43.6 Å². The second-order valence-corrected chi connectivity index (χ2v) is 8.45. The van der Waals surface area contributed by atoms with Gasteiger partial charge in [-0.1, -0.05) is 45.0 Å². The number of nitrogens with one attached hydrogen (secondary N) is 1. The zero-order valence-corrected chi connectivity index (χ0v) is 14.3. The average Bonchev–Trinajstić information content (AvgIpc) is 2.35. The van der Waals surface area contributed by atoms with Gasteiger partial charge in [0, 0.05) is 17.3 Å². The standard InChI is InChI=1S/C17H29NS/c1-13(18-12-17(5,6)19-7)14-8-10-15(11-9-14)16(2,3)4/h8-11,13,18H,12H2,1-7H3. The quantitative estimate of drug-likeness (QED) is 0.832. The van der Waals surface area contributed by atoms with Crippen LogP contribution in [0.5, 0.6) is 0 Å². The lowest BCUT2D eigenvalue weighted by Gasteiger charge is -2.26. The van der Waals surface area contributed by atoms with E-state index in [4.69, 9.17) is 0 Å². The first-order chi connectivity index (χ1) is 8.65. The van der Waals surface area contributed by atoms with Crippen molar-refractivity contribution in [1.29, 1.82) is 0 Å². The monoisotopic (exact) mass is 279 g/mol. The minimum atomic E-state index is 0.232. The Kier molecular flexibility index (Phi) is 5.52. The smallest absolute Gasteiger partial charge is 0.0292 e. The van der Waals surface area contributed by atoms with E-state index in [0.717, 1.165) is 6.54 Å². The van der Waals surface area contributed by atoms with Gasteiger partial charge < -0.3 is 5.32 Å². The van der Waals surface area contributed by atoms with Crippen molar-refractivity contribution in [3.63, 3.8) is 0 Å². The lowest BCUT2D eigenvalue weighted by atomic mass is 9.86. The van der Waals surface area contributed by atoms with Gasteiger partial charge in [0.05, 0.1) is 0 Å². The number of benzene rings is 1. The molecule has 0 spiro atoms. The maximum absolute atomic E-state index is 3.63. The highest BCUT2D eigenvalue weighted by Gasteiger charge is 2.18. The van der Waals surface area contributed by atoms with Gasteiger partial charge >= 0.3 is 0 Å². The number of hydrogen-bond acceptors (Lipinski definition) is 2. The predicted molar refractivity (Wildman–Crippen MR) is 89.2 cm³/mol. The van der Waals surface area contributed by atoms with Crippen LogP contribution in [0.15, 0.2) is 24.3 Å². The van der Waals surface area contributed by atoms with E-state index in [1.165, 1.54) is 11.1 Å². The Hall–Kier alpha value is -0.470. The molecule has 0 aliphatic heterocycles. The van der Waals surface area contributed by atoms with E-state index in [0.29, 0.717) is 10.8 Å². The summed E-state index contributed by atoms with van der Waals surface area (Å²) in [6.07, 6.45) is 2.17. The second kappa shape index (κ2) is 6.32. The van der Waals surface area contributed by atoms with E-state index in [-0.39, 0.29) is 5.41 Å². The van der Waals surface area contributed by atoms with Crippen LogP contribution < -0.4 is 5.32 Å². The Labute approximate surface area is 123 Å². The first-order valence-electron chi connectivity index (χ1n) is 7.05. The summed E-state index contributed by atoms with van der Waals surface area (Å²) in [4.78, 5) is 0.